The number of nitrogens with zero attached hydrogens (tertiary/aromatic N) is 1. The summed E-state index contributed by atoms with van der Waals surface area (Å²) in [4.78, 5) is 17.1. The van der Waals surface area contributed by atoms with Crippen LogP contribution in [-0.2, 0) is 0 Å². The fraction of sp³-hybridized carbons (Fsp3) is 0.222. The summed E-state index contributed by atoms with van der Waals surface area (Å²) in [6, 6.07) is 7.98. The van der Waals surface area contributed by atoms with Crippen LogP contribution in [0.4, 0.5) is 14.9 Å². The zero-order chi connectivity index (χ0) is 17.4. The lowest BCUT2D eigenvalue weighted by molar-refractivity contribution is 0.251. The van der Waals surface area contributed by atoms with Crippen LogP contribution in [0.3, 0.4) is 0 Å². The van der Waals surface area contributed by atoms with E-state index in [0.29, 0.717) is 11.4 Å². The van der Waals surface area contributed by atoms with Gasteiger partial charge in [-0.25, -0.2) is 9.18 Å². The van der Waals surface area contributed by atoms with Gasteiger partial charge in [0.05, 0.1) is 10.2 Å². The van der Waals surface area contributed by atoms with Gasteiger partial charge in [0, 0.05) is 34.9 Å². The number of pyridine rings is 1. The van der Waals surface area contributed by atoms with Crippen LogP contribution in [0, 0.1) is 12.7 Å². The number of rotatable bonds is 4. The molecule has 0 unspecified atom stereocenters. The molecule has 0 spiro atoms. The number of nitrogens with one attached hydrogen (secondary N) is 2. The van der Waals surface area contributed by atoms with Gasteiger partial charge in [0.15, 0.2) is 11.6 Å². The Labute approximate surface area is 147 Å². The second kappa shape index (κ2) is 6.33. The maximum atomic E-state index is 14.4. The maximum Gasteiger partial charge on any atom is 0.319 e. The molecule has 1 fully saturated rings. The third kappa shape index (κ3) is 3.56. The molecule has 1 aliphatic rings. The summed E-state index contributed by atoms with van der Waals surface area (Å²) in [5, 5.41) is 5.41. The van der Waals surface area contributed by atoms with Gasteiger partial charge in [-0.05, 0) is 38.0 Å². The minimum absolute atomic E-state index is 0.103. The SMILES string of the molecule is Cc1cc2nccc(Oc3ccc(NC(=O)NC4CC4)cc3F)c2s1. The average Bonchev–Trinajstić information content (AvgIpc) is 3.28. The smallest absolute Gasteiger partial charge is 0.319 e. The first-order valence-corrected chi connectivity index (χ1v) is 8.80. The molecule has 5 nitrogen and oxygen atoms in total. The molecule has 1 saturated carbocycles. The van der Waals surface area contributed by atoms with Crippen molar-refractivity contribution in [1.29, 1.82) is 0 Å². The normalized spacial score (nSPS) is 13.7. The summed E-state index contributed by atoms with van der Waals surface area (Å²) in [5.74, 6) is 0.128. The van der Waals surface area contributed by atoms with Gasteiger partial charge in [0.2, 0.25) is 0 Å². The van der Waals surface area contributed by atoms with E-state index in [2.05, 4.69) is 15.6 Å². The number of carbonyl (C=O) groups is 1. The van der Waals surface area contributed by atoms with E-state index in [0.717, 1.165) is 27.9 Å². The zero-order valence-corrected chi connectivity index (χ0v) is 14.3. The number of fused-ring (bicyclic) bond motifs is 1. The van der Waals surface area contributed by atoms with Crippen LogP contribution < -0.4 is 15.4 Å². The molecular weight excluding hydrogens is 341 g/mol. The number of aromatic nitrogens is 1. The van der Waals surface area contributed by atoms with Gasteiger partial charge in [-0.1, -0.05) is 0 Å². The van der Waals surface area contributed by atoms with Crippen LogP contribution in [-0.4, -0.2) is 17.1 Å². The van der Waals surface area contributed by atoms with Crippen molar-refractivity contribution in [3.63, 3.8) is 0 Å². The van der Waals surface area contributed by atoms with Gasteiger partial charge in [-0.15, -0.1) is 11.3 Å². The molecule has 2 aromatic heterocycles. The number of ether oxygens (including phenoxy) is 1. The number of aryl methyl sites for hydroxylation is 1. The highest BCUT2D eigenvalue weighted by atomic mass is 32.1. The predicted octanol–water partition coefficient (Wildman–Crippen LogP) is 4.82. The Bertz CT molecular complexity index is 953. The molecule has 0 radical (unpaired) electrons. The summed E-state index contributed by atoms with van der Waals surface area (Å²) in [7, 11) is 0. The number of benzene rings is 1. The number of anilines is 1. The van der Waals surface area contributed by atoms with E-state index in [1.54, 1.807) is 29.7 Å². The number of halogens is 1. The van der Waals surface area contributed by atoms with Crippen molar-refractivity contribution in [2.75, 3.05) is 5.32 Å². The van der Waals surface area contributed by atoms with Crippen molar-refractivity contribution in [2.45, 2.75) is 25.8 Å². The first-order valence-electron chi connectivity index (χ1n) is 7.98. The van der Waals surface area contributed by atoms with Crippen LogP contribution in [0.15, 0.2) is 36.5 Å². The molecule has 128 valence electrons. The first-order chi connectivity index (χ1) is 12.1. The highest BCUT2D eigenvalue weighted by Crippen LogP contribution is 2.35. The van der Waals surface area contributed by atoms with Crippen molar-refractivity contribution >= 4 is 33.3 Å². The Kier molecular flexibility index (Phi) is 4.01. The van der Waals surface area contributed by atoms with Crippen molar-refractivity contribution in [1.82, 2.24) is 10.3 Å². The van der Waals surface area contributed by atoms with E-state index in [9.17, 15) is 9.18 Å². The summed E-state index contributed by atoms with van der Waals surface area (Å²) in [6.45, 7) is 1.99. The van der Waals surface area contributed by atoms with E-state index in [-0.39, 0.29) is 17.8 Å². The Morgan fingerprint density at radius 2 is 2.12 bits per heavy atom. The molecule has 0 atom stereocenters. The van der Waals surface area contributed by atoms with Gasteiger partial charge >= 0.3 is 6.03 Å². The van der Waals surface area contributed by atoms with E-state index in [4.69, 9.17) is 4.74 Å². The third-order valence-electron chi connectivity index (χ3n) is 3.82. The topological polar surface area (TPSA) is 63.2 Å². The third-order valence-corrected chi connectivity index (χ3v) is 4.88. The molecule has 3 aromatic rings. The zero-order valence-electron chi connectivity index (χ0n) is 13.5. The maximum absolute atomic E-state index is 14.4. The predicted molar refractivity (Wildman–Crippen MR) is 96.0 cm³/mol. The second-order valence-electron chi connectivity index (χ2n) is 6.00. The van der Waals surface area contributed by atoms with Gasteiger partial charge in [0.25, 0.3) is 0 Å². The monoisotopic (exact) mass is 357 g/mol. The standard InChI is InChI=1S/C18H16FN3O2S/c1-10-8-14-17(25-10)16(6-7-20-14)24-15-5-4-12(9-13(15)19)22-18(23)21-11-2-3-11/h4-9,11H,2-3H2,1H3,(H2,21,22,23). The second-order valence-corrected chi connectivity index (χ2v) is 7.26. The molecule has 0 bridgehead atoms. The fourth-order valence-electron chi connectivity index (χ4n) is 2.47. The van der Waals surface area contributed by atoms with E-state index >= 15 is 0 Å². The van der Waals surface area contributed by atoms with Crippen LogP contribution in [0.2, 0.25) is 0 Å². The lowest BCUT2D eigenvalue weighted by Gasteiger charge is -2.10. The summed E-state index contributed by atoms with van der Waals surface area (Å²) < 4.78 is 21.0. The summed E-state index contributed by atoms with van der Waals surface area (Å²) >= 11 is 1.55. The minimum Gasteiger partial charge on any atom is -0.453 e. The van der Waals surface area contributed by atoms with Crippen LogP contribution in [0.5, 0.6) is 11.5 Å². The molecule has 7 heteroatoms. The number of thiophene rings is 1. The van der Waals surface area contributed by atoms with Gasteiger partial charge in [-0.3, -0.25) is 4.98 Å². The van der Waals surface area contributed by atoms with Crippen molar-refractivity contribution < 1.29 is 13.9 Å². The van der Waals surface area contributed by atoms with Crippen molar-refractivity contribution in [3.05, 3.63) is 47.2 Å². The lowest BCUT2D eigenvalue weighted by atomic mass is 10.3. The number of hydrogen-bond donors (Lipinski definition) is 2. The largest absolute Gasteiger partial charge is 0.453 e. The molecule has 0 saturated heterocycles. The highest BCUT2D eigenvalue weighted by Gasteiger charge is 2.23. The molecular formula is C18H16FN3O2S. The Morgan fingerprint density at radius 3 is 2.88 bits per heavy atom. The first kappa shape index (κ1) is 15.8. The van der Waals surface area contributed by atoms with Gasteiger partial charge in [-0.2, -0.15) is 0 Å². The van der Waals surface area contributed by atoms with Gasteiger partial charge in [0.1, 0.15) is 5.75 Å². The summed E-state index contributed by atoms with van der Waals surface area (Å²) in [6.07, 6.45) is 3.63. The molecule has 0 aliphatic heterocycles. The number of urea groups is 1. The number of carbonyl (C=O) groups excluding carboxylic acids is 1. The Balaban J connectivity index is 1.53. The lowest BCUT2D eigenvalue weighted by Crippen LogP contribution is -2.30. The van der Waals surface area contributed by atoms with Crippen molar-refractivity contribution in [3.8, 4) is 11.5 Å². The van der Waals surface area contributed by atoms with Crippen LogP contribution in [0.1, 0.15) is 17.7 Å². The Hall–Kier alpha value is -2.67. The quantitative estimate of drug-likeness (QED) is 0.704. The molecule has 25 heavy (non-hydrogen) atoms. The van der Waals surface area contributed by atoms with E-state index in [1.165, 1.54) is 12.1 Å². The average molecular weight is 357 g/mol. The number of hydrogen-bond acceptors (Lipinski definition) is 4. The van der Waals surface area contributed by atoms with Crippen LogP contribution in [0.25, 0.3) is 10.2 Å². The molecule has 1 aliphatic carbocycles. The van der Waals surface area contributed by atoms with Crippen molar-refractivity contribution in [2.24, 2.45) is 0 Å². The summed E-state index contributed by atoms with van der Waals surface area (Å²) in [5.41, 5.74) is 1.21. The molecule has 1 aromatic carbocycles. The van der Waals surface area contributed by atoms with E-state index < -0.39 is 5.82 Å². The van der Waals surface area contributed by atoms with Gasteiger partial charge < -0.3 is 15.4 Å². The van der Waals surface area contributed by atoms with E-state index in [1.807, 2.05) is 13.0 Å². The molecule has 2 amide bonds. The minimum atomic E-state index is -0.539. The molecule has 4 rings (SSSR count). The molecule has 2 heterocycles. The number of amides is 2. The highest BCUT2D eigenvalue weighted by molar-refractivity contribution is 7.19. The Morgan fingerprint density at radius 1 is 1.28 bits per heavy atom. The molecule has 2 N–H and O–H groups in total. The van der Waals surface area contributed by atoms with Crippen LogP contribution >= 0.6 is 11.3 Å². The fourth-order valence-corrected chi connectivity index (χ4v) is 3.39.